The van der Waals surface area contributed by atoms with E-state index in [0.29, 0.717) is 54.4 Å². The lowest BCUT2D eigenvalue weighted by Gasteiger charge is -2.37. The highest BCUT2D eigenvalue weighted by molar-refractivity contribution is 6.02. The van der Waals surface area contributed by atoms with Gasteiger partial charge in [0.15, 0.2) is 0 Å². The van der Waals surface area contributed by atoms with Gasteiger partial charge in [0, 0.05) is 31.7 Å². The van der Waals surface area contributed by atoms with Crippen LogP contribution in [0.3, 0.4) is 0 Å². The molecule has 19 nitrogen and oxygen atoms in total. The molecule has 4 aliphatic rings. The number of ether oxygens (including phenoxy) is 2. The standard InChI is InChI=1S/C26H30N2O2.C25H28N2O3.2C23H32N2O3/c1-3-18-28(26(30)23-17-11-10-12-20(23)2)24(22-15-8-5-9-16-22)25(29)27-19-21-13-6-4-7-14-21;1-2-17-27(25(30)21-15-9-10-16-22(21)28)23(20-13-7-4-8-14-20)24(29)26-18-19-11-5-3-6-12-19;2*1-4-6-16-24-22(26)21(18-12-8-7-9-13-18)25(17-5-2)23(27)19-14-10-11-15-20(19)28-3/h1,4,6-7,10-14,17,22,24H,5,8-9,15-16,18-19H2,2H3,(H,27,29);1,3,5-6,9-12,15-16,20,23,28H,4,7-8,13-14,17-18H2,(H,26,29);2*2,10-11,14-15,18,21H,4,6-9,12-13,16-17H2,1,3H3,(H,24,26). The number of unbranched alkanes of at least 4 members (excludes halogenated alkanes) is 2. The minimum Gasteiger partial charge on any atom is -0.507 e. The Labute approximate surface area is 690 Å². The van der Waals surface area contributed by atoms with Crippen molar-refractivity contribution in [3.63, 3.8) is 0 Å². The van der Waals surface area contributed by atoms with Crippen LogP contribution in [0.2, 0.25) is 0 Å². The number of carbonyl (C=O) groups is 8. The highest BCUT2D eigenvalue weighted by Crippen LogP contribution is 2.36. The molecule has 4 unspecified atom stereocenters. The van der Waals surface area contributed by atoms with Crippen LogP contribution in [0.5, 0.6) is 17.2 Å². The van der Waals surface area contributed by atoms with Gasteiger partial charge in [-0.05, 0) is 154 Å². The zero-order valence-corrected chi connectivity index (χ0v) is 68.9. The molecule has 4 fully saturated rings. The zero-order valence-electron chi connectivity index (χ0n) is 68.9. The summed E-state index contributed by atoms with van der Waals surface area (Å²) in [5, 5.41) is 22.3. The van der Waals surface area contributed by atoms with Crippen LogP contribution in [-0.4, -0.2) is 150 Å². The maximum absolute atomic E-state index is 13.5. The van der Waals surface area contributed by atoms with Crippen LogP contribution in [-0.2, 0) is 32.3 Å². The molecular formula is C97H122N8O11. The smallest absolute Gasteiger partial charge is 0.259 e. The number of carbonyl (C=O) groups excluding carboxylic acids is 8. The molecule has 6 aromatic rings. The second kappa shape index (κ2) is 50.8. The van der Waals surface area contributed by atoms with Gasteiger partial charge in [-0.3, -0.25) is 38.4 Å². The van der Waals surface area contributed by atoms with Gasteiger partial charge in [-0.15, -0.1) is 25.7 Å². The van der Waals surface area contributed by atoms with Crippen LogP contribution in [0, 0.1) is 80.0 Å². The Morgan fingerprint density at radius 3 is 0.940 bits per heavy atom. The average Bonchev–Trinajstić information content (AvgIpc) is 0.821. The first-order valence-electron chi connectivity index (χ1n) is 41.8. The minimum atomic E-state index is -0.669. The average molecular weight is 1580 g/mol. The van der Waals surface area contributed by atoms with Crippen LogP contribution in [0.1, 0.15) is 226 Å². The molecule has 0 bridgehead atoms. The molecule has 6 aromatic carbocycles. The molecule has 0 aromatic heterocycles. The summed E-state index contributed by atoms with van der Waals surface area (Å²) in [4.78, 5) is 113. The van der Waals surface area contributed by atoms with Crippen molar-refractivity contribution < 1.29 is 52.9 Å². The normalized spacial score (nSPS) is 15.2. The lowest BCUT2D eigenvalue weighted by atomic mass is 9.82. The number of hydrogen-bond donors (Lipinski definition) is 5. The van der Waals surface area contributed by atoms with Crippen LogP contribution < -0.4 is 30.7 Å². The summed E-state index contributed by atoms with van der Waals surface area (Å²) in [5.74, 6) is 9.97. The van der Waals surface area contributed by atoms with Crippen molar-refractivity contribution >= 4 is 47.3 Å². The summed E-state index contributed by atoms with van der Waals surface area (Å²) in [7, 11) is 3.07. The number of benzene rings is 6. The van der Waals surface area contributed by atoms with E-state index in [9.17, 15) is 43.5 Å². The molecule has 5 N–H and O–H groups in total. The number of rotatable bonds is 32. The Kier molecular flexibility index (Phi) is 40.3. The second-order valence-electron chi connectivity index (χ2n) is 30.3. The molecule has 10 rings (SSSR count). The van der Waals surface area contributed by atoms with E-state index < -0.39 is 30.1 Å². The van der Waals surface area contributed by atoms with Crippen molar-refractivity contribution in [3.05, 3.63) is 197 Å². The van der Waals surface area contributed by atoms with Gasteiger partial charge in [0.1, 0.15) is 41.4 Å². The Morgan fingerprint density at radius 1 is 0.371 bits per heavy atom. The summed E-state index contributed by atoms with van der Waals surface area (Å²) in [5.41, 5.74) is 4.53. The molecule has 616 valence electrons. The molecule has 0 spiro atoms. The summed E-state index contributed by atoms with van der Waals surface area (Å²) in [6.45, 7) is 8.45. The summed E-state index contributed by atoms with van der Waals surface area (Å²) in [6.07, 6.45) is 46.8. The molecule has 8 amide bonds. The van der Waals surface area contributed by atoms with Gasteiger partial charge in [0.25, 0.3) is 23.6 Å². The largest absolute Gasteiger partial charge is 0.507 e. The molecule has 0 aliphatic heterocycles. The summed E-state index contributed by atoms with van der Waals surface area (Å²) >= 11 is 0. The Bertz CT molecular complexity index is 3980. The molecule has 116 heavy (non-hydrogen) atoms. The van der Waals surface area contributed by atoms with E-state index in [4.69, 9.17) is 35.2 Å². The van der Waals surface area contributed by atoms with E-state index in [1.54, 1.807) is 75.4 Å². The number of aromatic hydroxyl groups is 1. The number of hydrogen-bond acceptors (Lipinski definition) is 11. The van der Waals surface area contributed by atoms with Crippen LogP contribution in [0.15, 0.2) is 158 Å². The third-order valence-electron chi connectivity index (χ3n) is 22.4. The SMILES string of the molecule is C#CCN(C(=O)c1ccccc1C)C(C(=O)NCc1ccccc1)C1CCCCC1.C#CCN(C(=O)c1ccccc1O)C(C(=O)NCc1ccccc1)C1CCCCC1.C#CCN(C(=O)c1ccccc1OC)C(C(=O)NCCCC)C1CCCCC1.C#CCN(C(=O)c1ccccc1OC)C(C(=O)NCCCC)C1CCCCC1. The fourth-order valence-electron chi connectivity index (χ4n) is 16.3. The fourth-order valence-corrected chi connectivity index (χ4v) is 16.3. The van der Waals surface area contributed by atoms with Crippen molar-refractivity contribution in [1.29, 1.82) is 0 Å². The molecule has 4 aliphatic carbocycles. The number of phenols is 1. The molecule has 4 saturated carbocycles. The van der Waals surface area contributed by atoms with E-state index in [-0.39, 0.29) is 103 Å². The van der Waals surface area contributed by atoms with Gasteiger partial charge in [0.05, 0.1) is 57.1 Å². The van der Waals surface area contributed by atoms with Gasteiger partial charge < -0.3 is 55.4 Å². The van der Waals surface area contributed by atoms with Crippen molar-refractivity contribution in [1.82, 2.24) is 40.9 Å². The Hall–Kier alpha value is -11.3. The summed E-state index contributed by atoms with van der Waals surface area (Å²) < 4.78 is 10.7. The van der Waals surface area contributed by atoms with Crippen LogP contribution in [0.4, 0.5) is 0 Å². The number of phenolic OH excluding ortho intramolecular Hbond substituents is 1. The van der Waals surface area contributed by atoms with E-state index in [2.05, 4.69) is 58.8 Å². The maximum Gasteiger partial charge on any atom is 0.259 e. The minimum absolute atomic E-state index is 0.00703. The first kappa shape index (κ1) is 91.9. The molecule has 0 radical (unpaired) electrons. The van der Waals surface area contributed by atoms with Crippen molar-refractivity contribution in [3.8, 4) is 66.6 Å². The van der Waals surface area contributed by atoms with Gasteiger partial charge in [-0.1, -0.05) is 243 Å². The lowest BCUT2D eigenvalue weighted by Crippen LogP contribution is -2.54. The lowest BCUT2D eigenvalue weighted by molar-refractivity contribution is -0.128. The van der Waals surface area contributed by atoms with E-state index >= 15 is 0 Å². The zero-order chi connectivity index (χ0) is 83.4. The third kappa shape index (κ3) is 27.5. The predicted octanol–water partition coefficient (Wildman–Crippen LogP) is 15.3. The van der Waals surface area contributed by atoms with Gasteiger partial charge in [-0.2, -0.15) is 0 Å². The number of nitrogens with zero attached hydrogens (tertiary/aromatic N) is 4. The van der Waals surface area contributed by atoms with Crippen molar-refractivity contribution in [2.45, 2.75) is 212 Å². The summed E-state index contributed by atoms with van der Waals surface area (Å²) in [6, 6.07) is 45.1. The predicted molar refractivity (Wildman–Crippen MR) is 459 cm³/mol. The topological polar surface area (TPSA) is 236 Å². The maximum atomic E-state index is 13.5. The fraction of sp³-hybridized carbons (Fsp3) is 0.464. The molecule has 0 heterocycles. The third-order valence-corrected chi connectivity index (χ3v) is 22.4. The molecular weight excluding hydrogens is 1450 g/mol. The molecule has 19 heteroatoms. The van der Waals surface area contributed by atoms with E-state index in [0.717, 1.165) is 152 Å². The van der Waals surface area contributed by atoms with Crippen LogP contribution >= 0.6 is 0 Å². The second-order valence-corrected chi connectivity index (χ2v) is 30.3. The number of para-hydroxylation sites is 3. The Balaban J connectivity index is 0.000000214. The number of amides is 8. The van der Waals surface area contributed by atoms with E-state index in [1.165, 1.54) is 44.4 Å². The van der Waals surface area contributed by atoms with Crippen molar-refractivity contribution in [2.75, 3.05) is 53.5 Å². The number of methoxy groups -OCH3 is 2. The Morgan fingerprint density at radius 2 is 0.638 bits per heavy atom. The number of terminal acetylenes is 4. The number of aryl methyl sites for hydroxylation is 1. The van der Waals surface area contributed by atoms with Gasteiger partial charge in [-0.25, -0.2) is 0 Å². The first-order chi connectivity index (χ1) is 56.5. The first-order valence-corrected chi connectivity index (χ1v) is 41.8. The number of nitrogens with one attached hydrogen (secondary N) is 4. The van der Waals surface area contributed by atoms with Gasteiger partial charge >= 0.3 is 0 Å². The van der Waals surface area contributed by atoms with Crippen LogP contribution in [0.25, 0.3) is 0 Å². The van der Waals surface area contributed by atoms with E-state index in [1.807, 2.05) is 97.9 Å². The highest BCUT2D eigenvalue weighted by atomic mass is 16.5. The highest BCUT2D eigenvalue weighted by Gasteiger charge is 2.42. The van der Waals surface area contributed by atoms with Gasteiger partial charge in [0.2, 0.25) is 23.6 Å². The monoisotopic (exact) mass is 1570 g/mol. The van der Waals surface area contributed by atoms with Crippen molar-refractivity contribution in [2.24, 2.45) is 23.7 Å². The molecule has 4 atom stereocenters. The quantitative estimate of drug-likeness (QED) is 0.0197. The molecule has 0 saturated heterocycles.